The minimum atomic E-state index is 0.263. The molecule has 0 spiro atoms. The zero-order valence-corrected chi connectivity index (χ0v) is 13.1. The molecule has 112 valence electrons. The van der Waals surface area contributed by atoms with E-state index in [2.05, 4.69) is 35.0 Å². The highest BCUT2D eigenvalue weighted by Crippen LogP contribution is 2.33. The van der Waals surface area contributed by atoms with Crippen molar-refractivity contribution in [1.29, 1.82) is 0 Å². The topological polar surface area (TPSA) is 39.1 Å². The Morgan fingerprint density at radius 1 is 1.40 bits per heavy atom. The van der Waals surface area contributed by atoms with Gasteiger partial charge in [0.1, 0.15) is 0 Å². The average molecular weight is 277 g/mol. The van der Waals surface area contributed by atoms with Gasteiger partial charge >= 0.3 is 0 Å². The Morgan fingerprint density at radius 2 is 2.20 bits per heavy atom. The van der Waals surface area contributed by atoms with Crippen molar-refractivity contribution in [3.8, 4) is 5.75 Å². The molecule has 1 aliphatic carbocycles. The Bertz CT molecular complexity index is 462. The monoisotopic (exact) mass is 277 g/mol. The lowest BCUT2D eigenvalue weighted by Gasteiger charge is -2.23. The van der Waals surface area contributed by atoms with Gasteiger partial charge in [-0.1, -0.05) is 11.6 Å². The van der Waals surface area contributed by atoms with Crippen molar-refractivity contribution in [2.75, 3.05) is 14.2 Å². The van der Waals surface area contributed by atoms with Crippen molar-refractivity contribution in [1.82, 2.24) is 15.1 Å². The average Bonchev–Trinajstić information content (AvgIpc) is 2.89. The molecule has 0 fully saturated rings. The van der Waals surface area contributed by atoms with Gasteiger partial charge < -0.3 is 10.1 Å². The highest BCUT2D eigenvalue weighted by Gasteiger charge is 2.23. The third-order valence-corrected chi connectivity index (χ3v) is 4.04. The number of rotatable bonds is 6. The number of allylic oxidation sites excluding steroid dienone is 1. The van der Waals surface area contributed by atoms with Gasteiger partial charge in [-0.3, -0.25) is 4.68 Å². The molecule has 0 saturated carbocycles. The van der Waals surface area contributed by atoms with Crippen molar-refractivity contribution < 1.29 is 4.74 Å². The fourth-order valence-corrected chi connectivity index (χ4v) is 2.94. The van der Waals surface area contributed by atoms with Gasteiger partial charge in [0.25, 0.3) is 0 Å². The Hall–Kier alpha value is -1.29. The van der Waals surface area contributed by atoms with E-state index in [0.717, 1.165) is 17.9 Å². The highest BCUT2D eigenvalue weighted by molar-refractivity contribution is 5.30. The molecule has 1 atom stereocenters. The third kappa shape index (κ3) is 3.23. The Balaban J connectivity index is 2.25. The molecule has 1 aromatic heterocycles. The quantitative estimate of drug-likeness (QED) is 0.807. The Labute approximate surface area is 122 Å². The van der Waals surface area contributed by atoms with E-state index in [0.29, 0.717) is 6.04 Å². The molecule has 0 radical (unpaired) electrons. The number of nitrogens with zero attached hydrogens (tertiary/aromatic N) is 2. The fourth-order valence-electron chi connectivity index (χ4n) is 2.94. The van der Waals surface area contributed by atoms with Crippen LogP contribution in [-0.4, -0.2) is 23.9 Å². The minimum absolute atomic E-state index is 0.263. The summed E-state index contributed by atoms with van der Waals surface area (Å²) in [4.78, 5) is 0. The number of aromatic nitrogens is 2. The Morgan fingerprint density at radius 3 is 2.75 bits per heavy atom. The summed E-state index contributed by atoms with van der Waals surface area (Å²) in [6.45, 7) is 4.31. The number of nitrogens with one attached hydrogen (secondary N) is 1. The van der Waals surface area contributed by atoms with Gasteiger partial charge in [-0.05, 0) is 53.0 Å². The molecule has 2 rings (SSSR count). The summed E-state index contributed by atoms with van der Waals surface area (Å²) in [5, 5.41) is 7.92. The number of ether oxygens (including phenoxy) is 1. The van der Waals surface area contributed by atoms with Crippen LogP contribution in [-0.2, 0) is 0 Å². The van der Waals surface area contributed by atoms with Crippen LogP contribution >= 0.6 is 0 Å². The lowest BCUT2D eigenvalue weighted by Crippen LogP contribution is -2.23. The van der Waals surface area contributed by atoms with Crippen LogP contribution in [0, 0.1) is 0 Å². The van der Waals surface area contributed by atoms with Gasteiger partial charge in [-0.2, -0.15) is 5.10 Å². The third-order valence-electron chi connectivity index (χ3n) is 4.04. The zero-order valence-electron chi connectivity index (χ0n) is 13.1. The zero-order chi connectivity index (χ0) is 14.5. The molecule has 1 N–H and O–H groups in total. The standard InChI is InChI=1S/C16H27N3O/c1-12(2)19-16(15(20-4)11-18-19)14(17-3)10-13-8-6-5-7-9-13/h8,11-12,14,17H,5-7,9-10H2,1-4H3. The number of methoxy groups -OCH3 is 1. The normalized spacial score (nSPS) is 17.1. The first-order valence-electron chi connectivity index (χ1n) is 7.64. The molecular weight excluding hydrogens is 250 g/mol. The van der Waals surface area contributed by atoms with E-state index >= 15 is 0 Å². The summed E-state index contributed by atoms with van der Waals surface area (Å²) >= 11 is 0. The first kappa shape index (κ1) is 15.1. The second-order valence-corrected chi connectivity index (χ2v) is 5.79. The van der Waals surface area contributed by atoms with Crippen LogP contribution < -0.4 is 10.1 Å². The van der Waals surface area contributed by atoms with Crippen LogP contribution in [0.3, 0.4) is 0 Å². The predicted molar refractivity (Wildman–Crippen MR) is 82.1 cm³/mol. The maximum absolute atomic E-state index is 5.51. The molecule has 0 aromatic carbocycles. The second-order valence-electron chi connectivity index (χ2n) is 5.79. The summed E-state index contributed by atoms with van der Waals surface area (Å²) in [6.07, 6.45) is 10.4. The van der Waals surface area contributed by atoms with Crippen molar-refractivity contribution >= 4 is 0 Å². The molecule has 4 heteroatoms. The molecule has 0 amide bonds. The number of hydrogen-bond acceptors (Lipinski definition) is 3. The molecule has 0 bridgehead atoms. The second kappa shape index (κ2) is 6.93. The van der Waals surface area contributed by atoms with Crippen molar-refractivity contribution in [2.45, 2.75) is 58.0 Å². The van der Waals surface area contributed by atoms with Gasteiger partial charge in [0.15, 0.2) is 5.75 Å². The summed E-state index contributed by atoms with van der Waals surface area (Å²) in [5.41, 5.74) is 2.73. The molecule has 0 saturated heterocycles. The maximum Gasteiger partial charge on any atom is 0.161 e. The van der Waals surface area contributed by atoms with Crippen molar-refractivity contribution in [3.05, 3.63) is 23.5 Å². The molecule has 4 nitrogen and oxygen atoms in total. The SMILES string of the molecule is CNC(CC1=CCCCC1)c1c(OC)cnn1C(C)C. The van der Waals surface area contributed by atoms with Crippen LogP contribution in [0.4, 0.5) is 0 Å². The van der Waals surface area contributed by atoms with E-state index in [-0.39, 0.29) is 6.04 Å². The molecule has 1 unspecified atom stereocenters. The van der Waals surface area contributed by atoms with E-state index in [1.807, 2.05) is 13.2 Å². The minimum Gasteiger partial charge on any atom is -0.493 e. The van der Waals surface area contributed by atoms with E-state index in [1.54, 1.807) is 12.7 Å². The van der Waals surface area contributed by atoms with E-state index in [1.165, 1.54) is 25.7 Å². The molecule has 1 aromatic rings. The van der Waals surface area contributed by atoms with Crippen LogP contribution in [0.15, 0.2) is 17.8 Å². The van der Waals surface area contributed by atoms with Gasteiger partial charge in [0.05, 0.1) is 25.0 Å². The van der Waals surface area contributed by atoms with Crippen molar-refractivity contribution in [2.24, 2.45) is 0 Å². The van der Waals surface area contributed by atoms with Gasteiger partial charge in [-0.25, -0.2) is 0 Å². The van der Waals surface area contributed by atoms with Crippen LogP contribution in [0.5, 0.6) is 5.75 Å². The summed E-state index contributed by atoms with van der Waals surface area (Å²) in [6, 6.07) is 0.601. The number of hydrogen-bond donors (Lipinski definition) is 1. The highest BCUT2D eigenvalue weighted by atomic mass is 16.5. The molecule has 0 aliphatic heterocycles. The predicted octanol–water partition coefficient (Wildman–Crippen LogP) is 3.62. The van der Waals surface area contributed by atoms with Crippen LogP contribution in [0.2, 0.25) is 0 Å². The van der Waals surface area contributed by atoms with E-state index in [4.69, 9.17) is 4.74 Å². The molecular formula is C16H27N3O. The molecule has 1 heterocycles. The smallest absolute Gasteiger partial charge is 0.161 e. The molecule has 20 heavy (non-hydrogen) atoms. The first-order chi connectivity index (χ1) is 9.67. The largest absolute Gasteiger partial charge is 0.493 e. The van der Waals surface area contributed by atoms with Crippen LogP contribution in [0.25, 0.3) is 0 Å². The maximum atomic E-state index is 5.51. The van der Waals surface area contributed by atoms with Crippen molar-refractivity contribution in [3.63, 3.8) is 0 Å². The fraction of sp³-hybridized carbons (Fsp3) is 0.688. The lowest BCUT2D eigenvalue weighted by molar-refractivity contribution is 0.386. The summed E-state index contributed by atoms with van der Waals surface area (Å²) in [7, 11) is 3.74. The van der Waals surface area contributed by atoms with Gasteiger partial charge in [0.2, 0.25) is 0 Å². The van der Waals surface area contributed by atoms with Gasteiger partial charge in [-0.15, -0.1) is 0 Å². The van der Waals surface area contributed by atoms with Crippen LogP contribution in [0.1, 0.15) is 63.7 Å². The first-order valence-corrected chi connectivity index (χ1v) is 7.64. The lowest BCUT2D eigenvalue weighted by atomic mass is 9.93. The van der Waals surface area contributed by atoms with E-state index in [9.17, 15) is 0 Å². The van der Waals surface area contributed by atoms with E-state index < -0.39 is 0 Å². The summed E-state index contributed by atoms with van der Waals surface area (Å²) in [5.74, 6) is 0.884. The Kier molecular flexibility index (Phi) is 5.24. The van der Waals surface area contributed by atoms with Gasteiger partial charge in [0, 0.05) is 6.04 Å². The molecule has 1 aliphatic rings. The summed E-state index contributed by atoms with van der Waals surface area (Å²) < 4.78 is 7.58.